The minimum Gasteiger partial charge on any atom is -0.248 e. The molecule has 0 bridgehead atoms. The van der Waals surface area contributed by atoms with E-state index >= 15 is 0 Å². The van der Waals surface area contributed by atoms with Crippen LogP contribution >= 0.6 is 11.6 Å². The first-order valence-corrected chi connectivity index (χ1v) is 2.27. The molecule has 0 aromatic carbocycles. The predicted molar refractivity (Wildman–Crippen MR) is 25.3 cm³/mol. The van der Waals surface area contributed by atoms with Crippen LogP contribution in [0.2, 0.25) is 0 Å². The van der Waals surface area contributed by atoms with Crippen molar-refractivity contribution in [1.82, 2.24) is 0 Å². The maximum atomic E-state index is 11.6. The third-order valence-corrected chi connectivity index (χ3v) is 0.592. The van der Waals surface area contributed by atoms with Crippen LogP contribution in [0.1, 0.15) is 13.3 Å². The summed E-state index contributed by atoms with van der Waals surface area (Å²) in [6.45, 7) is 1.47. The largest absolute Gasteiger partial charge is 0.248 e. The molecular weight excluding hydrogens is 102 g/mol. The lowest BCUT2D eigenvalue weighted by atomic mass is 10.3. The summed E-state index contributed by atoms with van der Waals surface area (Å²) in [6.07, 6.45) is -0.441. The van der Waals surface area contributed by atoms with E-state index in [0.29, 0.717) is 6.42 Å². The van der Waals surface area contributed by atoms with Crippen molar-refractivity contribution in [2.75, 3.05) is 0 Å². The molecule has 0 aromatic heterocycles. The second-order valence-electron chi connectivity index (χ2n) is 1.17. The molecule has 37 valence electrons. The van der Waals surface area contributed by atoms with Crippen molar-refractivity contribution >= 4 is 11.6 Å². The Kier molecular flexibility index (Phi) is 3.54. The van der Waals surface area contributed by atoms with Crippen LogP contribution < -0.4 is 0 Å². The number of halogens is 2. The molecule has 0 saturated carbocycles. The van der Waals surface area contributed by atoms with Gasteiger partial charge < -0.3 is 0 Å². The molecule has 1 atom stereocenters. The molecule has 0 rings (SSSR count). The first kappa shape index (κ1) is 6.22. The van der Waals surface area contributed by atoms with Crippen LogP contribution in [0.5, 0.6) is 0 Å². The minimum absolute atomic E-state index is 0.349. The van der Waals surface area contributed by atoms with Crippen molar-refractivity contribution < 1.29 is 4.39 Å². The summed E-state index contributed by atoms with van der Waals surface area (Å²) < 4.78 is 11.6. The van der Waals surface area contributed by atoms with E-state index in [1.165, 1.54) is 12.8 Å². The van der Waals surface area contributed by atoms with Gasteiger partial charge in [-0.1, -0.05) is 0 Å². The van der Waals surface area contributed by atoms with Crippen LogP contribution in [0.15, 0.2) is 0 Å². The fraction of sp³-hybridized carbons (Fsp3) is 0.750. The van der Waals surface area contributed by atoms with Gasteiger partial charge in [-0.05, 0) is 13.3 Å². The van der Waals surface area contributed by atoms with E-state index in [4.69, 9.17) is 11.6 Å². The average molecular weight is 110 g/mol. The zero-order valence-electron chi connectivity index (χ0n) is 3.62. The number of alkyl halides is 1. The van der Waals surface area contributed by atoms with Crippen molar-refractivity contribution in [3.05, 3.63) is 5.88 Å². The van der Waals surface area contributed by atoms with Crippen molar-refractivity contribution in [2.24, 2.45) is 0 Å². The van der Waals surface area contributed by atoms with Crippen LogP contribution in [0.25, 0.3) is 0 Å². The maximum absolute atomic E-state index is 11.6. The molecule has 2 heteroatoms. The normalized spacial score (nSPS) is 14.5. The standard InChI is InChI=1S/C4H7ClF/c1-4(6)2-3-5/h3-4H,2H2,1H3. The smallest absolute Gasteiger partial charge is 0.0988 e. The minimum atomic E-state index is -0.789. The Labute approximate surface area is 42.3 Å². The fourth-order valence-corrected chi connectivity index (χ4v) is 0.368. The molecule has 0 spiro atoms. The Hall–Kier alpha value is 0.220. The third-order valence-electron chi connectivity index (χ3n) is 0.414. The SMILES string of the molecule is CC(F)C[CH]Cl. The molecule has 0 fully saturated rings. The van der Waals surface area contributed by atoms with E-state index in [-0.39, 0.29) is 0 Å². The number of hydrogen-bond donors (Lipinski definition) is 0. The molecule has 0 nitrogen and oxygen atoms in total. The third kappa shape index (κ3) is 4.22. The van der Waals surface area contributed by atoms with Gasteiger partial charge in [-0.2, -0.15) is 0 Å². The molecule has 0 aliphatic rings. The monoisotopic (exact) mass is 109 g/mol. The summed E-state index contributed by atoms with van der Waals surface area (Å²) >= 11 is 5.03. The van der Waals surface area contributed by atoms with Gasteiger partial charge in [-0.15, -0.1) is 11.6 Å². The Bertz CT molecular complexity index is 28.7. The van der Waals surface area contributed by atoms with Gasteiger partial charge in [0.2, 0.25) is 0 Å². The zero-order valence-corrected chi connectivity index (χ0v) is 4.37. The highest BCUT2D eigenvalue weighted by Gasteiger charge is 1.92. The van der Waals surface area contributed by atoms with E-state index in [2.05, 4.69) is 0 Å². The highest BCUT2D eigenvalue weighted by atomic mass is 35.5. The Morgan fingerprint density at radius 2 is 2.50 bits per heavy atom. The van der Waals surface area contributed by atoms with Gasteiger partial charge in [-0.3, -0.25) is 0 Å². The van der Waals surface area contributed by atoms with Crippen LogP contribution in [-0.4, -0.2) is 6.17 Å². The number of rotatable bonds is 2. The highest BCUT2D eigenvalue weighted by Crippen LogP contribution is 2.00. The number of hydrogen-bond acceptors (Lipinski definition) is 0. The van der Waals surface area contributed by atoms with Gasteiger partial charge in [0.1, 0.15) is 0 Å². The van der Waals surface area contributed by atoms with Gasteiger partial charge in [0.15, 0.2) is 0 Å². The van der Waals surface area contributed by atoms with E-state index in [1.54, 1.807) is 0 Å². The summed E-state index contributed by atoms with van der Waals surface area (Å²) in [5.74, 6) is 1.30. The summed E-state index contributed by atoms with van der Waals surface area (Å²) in [4.78, 5) is 0. The van der Waals surface area contributed by atoms with Crippen molar-refractivity contribution in [3.8, 4) is 0 Å². The average Bonchev–Trinajstić information content (AvgIpc) is 1.35. The summed E-state index contributed by atoms with van der Waals surface area (Å²) in [7, 11) is 0. The van der Waals surface area contributed by atoms with Gasteiger partial charge in [0, 0.05) is 0 Å². The molecule has 6 heavy (non-hydrogen) atoms. The van der Waals surface area contributed by atoms with Crippen molar-refractivity contribution in [2.45, 2.75) is 19.5 Å². The Balaban J connectivity index is 2.63. The molecule has 0 aliphatic carbocycles. The molecule has 1 radical (unpaired) electrons. The lowest BCUT2D eigenvalue weighted by Crippen LogP contribution is -1.87. The van der Waals surface area contributed by atoms with Gasteiger partial charge in [0.25, 0.3) is 0 Å². The second-order valence-corrected chi connectivity index (χ2v) is 1.48. The van der Waals surface area contributed by atoms with Crippen LogP contribution in [0.3, 0.4) is 0 Å². The lowest BCUT2D eigenvalue weighted by molar-refractivity contribution is 0.362. The van der Waals surface area contributed by atoms with Gasteiger partial charge in [0.05, 0.1) is 12.1 Å². The Morgan fingerprint density at radius 3 is 2.50 bits per heavy atom. The fourth-order valence-electron chi connectivity index (χ4n) is 0.123. The van der Waals surface area contributed by atoms with Crippen molar-refractivity contribution in [3.63, 3.8) is 0 Å². The molecule has 0 heterocycles. The van der Waals surface area contributed by atoms with Crippen molar-refractivity contribution in [1.29, 1.82) is 0 Å². The lowest BCUT2D eigenvalue weighted by Gasteiger charge is -1.90. The van der Waals surface area contributed by atoms with Crippen LogP contribution in [0, 0.1) is 5.88 Å². The molecule has 0 amide bonds. The summed E-state index contributed by atoms with van der Waals surface area (Å²) in [6, 6.07) is 0. The molecule has 0 N–H and O–H groups in total. The van der Waals surface area contributed by atoms with E-state index in [0.717, 1.165) is 0 Å². The van der Waals surface area contributed by atoms with Gasteiger partial charge >= 0.3 is 0 Å². The highest BCUT2D eigenvalue weighted by molar-refractivity contribution is 6.23. The van der Waals surface area contributed by atoms with Crippen LogP contribution in [0.4, 0.5) is 4.39 Å². The summed E-state index contributed by atoms with van der Waals surface area (Å²) in [5, 5.41) is 0. The molecule has 0 aliphatic heterocycles. The maximum Gasteiger partial charge on any atom is 0.0988 e. The quantitative estimate of drug-likeness (QED) is 0.510. The molecular formula is C4H7ClF. The first-order valence-electron chi connectivity index (χ1n) is 1.83. The van der Waals surface area contributed by atoms with Crippen LogP contribution in [-0.2, 0) is 0 Å². The zero-order chi connectivity index (χ0) is 4.99. The molecule has 0 aromatic rings. The topological polar surface area (TPSA) is 0 Å². The first-order chi connectivity index (χ1) is 2.77. The predicted octanol–water partition coefficient (Wildman–Crippen LogP) is 2.14. The van der Waals surface area contributed by atoms with Gasteiger partial charge in [-0.25, -0.2) is 4.39 Å². The summed E-state index contributed by atoms with van der Waals surface area (Å²) in [5.41, 5.74) is 0. The molecule has 1 unspecified atom stereocenters. The van der Waals surface area contributed by atoms with E-state index in [1.807, 2.05) is 0 Å². The Morgan fingerprint density at radius 1 is 2.00 bits per heavy atom. The van der Waals surface area contributed by atoms with E-state index < -0.39 is 6.17 Å². The molecule has 0 saturated heterocycles. The van der Waals surface area contributed by atoms with E-state index in [9.17, 15) is 4.39 Å². The second kappa shape index (κ2) is 3.41.